The fourth-order valence-corrected chi connectivity index (χ4v) is 4.40. The van der Waals surface area contributed by atoms with E-state index in [9.17, 15) is 9.46 Å². The van der Waals surface area contributed by atoms with Crippen molar-refractivity contribution in [3.8, 4) is 0 Å². The molecule has 0 aliphatic rings. The van der Waals surface area contributed by atoms with Crippen molar-refractivity contribution in [3.63, 3.8) is 0 Å². The minimum absolute atomic E-state index is 0.0834. The van der Waals surface area contributed by atoms with E-state index in [1.165, 1.54) is 57.8 Å². The Morgan fingerprint density at radius 2 is 1.14 bits per heavy atom. The van der Waals surface area contributed by atoms with Crippen molar-refractivity contribution in [2.75, 3.05) is 0 Å². The van der Waals surface area contributed by atoms with Gasteiger partial charge in [0.2, 0.25) is 0 Å². The largest absolute Gasteiger partial charge is 0.346 e. The van der Waals surface area contributed by atoms with Gasteiger partial charge in [-0.2, -0.15) is 0 Å². The predicted octanol–water partition coefficient (Wildman–Crippen LogP) is 6.57. The van der Waals surface area contributed by atoms with Gasteiger partial charge in [0.15, 0.2) is 8.03 Å². The summed E-state index contributed by atoms with van der Waals surface area (Å²) in [6, 6.07) is 0. The molecule has 0 aliphatic carbocycles. The Balaban J connectivity index is 4.40. The molecule has 0 saturated carbocycles. The van der Waals surface area contributed by atoms with E-state index in [4.69, 9.17) is 0 Å². The molecule has 0 rings (SSSR count). The van der Waals surface area contributed by atoms with E-state index in [1.807, 2.05) is 0 Å². The molecule has 21 heavy (non-hydrogen) atoms. The van der Waals surface area contributed by atoms with Crippen LogP contribution in [0.5, 0.6) is 0 Å². The van der Waals surface area contributed by atoms with Gasteiger partial charge in [-0.25, -0.2) is 0 Å². The van der Waals surface area contributed by atoms with Crippen LogP contribution in [0.1, 0.15) is 104 Å². The van der Waals surface area contributed by atoms with Crippen LogP contribution in [0, 0.1) is 5.92 Å². The van der Waals surface area contributed by atoms with Crippen molar-refractivity contribution in [2.45, 2.75) is 110 Å². The van der Waals surface area contributed by atoms with Crippen molar-refractivity contribution in [1.29, 1.82) is 0 Å². The summed E-state index contributed by atoms with van der Waals surface area (Å²) in [5, 5.41) is 0. The highest BCUT2D eigenvalue weighted by Gasteiger charge is 2.24. The van der Waals surface area contributed by atoms with Gasteiger partial charge < -0.3 is 4.89 Å². The minimum Gasteiger partial charge on any atom is -0.346 e. The predicted molar refractivity (Wildman–Crippen MR) is 95.5 cm³/mol. The van der Waals surface area contributed by atoms with E-state index in [1.54, 1.807) is 0 Å². The minimum atomic E-state index is -2.38. The third-order valence-corrected chi connectivity index (χ3v) is 6.01. The molecule has 0 aliphatic heterocycles. The van der Waals surface area contributed by atoms with Crippen LogP contribution in [0.2, 0.25) is 0 Å². The topological polar surface area (TPSA) is 37.3 Å². The van der Waals surface area contributed by atoms with E-state index in [-0.39, 0.29) is 5.66 Å². The monoisotopic (exact) mass is 318 g/mol. The Kier molecular flexibility index (Phi) is 15.2. The maximum atomic E-state index is 11.8. The Hall–Kier alpha value is 0.190. The molecule has 0 aromatic carbocycles. The van der Waals surface area contributed by atoms with E-state index in [0.29, 0.717) is 5.92 Å². The van der Waals surface area contributed by atoms with Crippen molar-refractivity contribution in [3.05, 3.63) is 0 Å². The van der Waals surface area contributed by atoms with Crippen molar-refractivity contribution in [1.82, 2.24) is 0 Å². The molecule has 3 heteroatoms. The Labute approximate surface area is 134 Å². The summed E-state index contributed by atoms with van der Waals surface area (Å²) < 4.78 is 11.8. The fourth-order valence-electron chi connectivity index (χ4n) is 3.21. The second-order valence-corrected chi connectivity index (χ2v) is 7.96. The highest BCUT2D eigenvalue weighted by atomic mass is 31.1. The normalized spacial score (nSPS) is 15.8. The number of hydrogen-bond acceptors (Lipinski definition) is 1. The lowest BCUT2D eigenvalue weighted by molar-refractivity contribution is 0.354. The van der Waals surface area contributed by atoms with Gasteiger partial charge in [-0.3, -0.25) is 4.57 Å². The van der Waals surface area contributed by atoms with Gasteiger partial charge in [-0.05, 0) is 25.2 Å². The lowest BCUT2D eigenvalue weighted by Crippen LogP contribution is -2.18. The third kappa shape index (κ3) is 11.4. The van der Waals surface area contributed by atoms with E-state index in [2.05, 4.69) is 20.8 Å². The second-order valence-electron chi connectivity index (χ2n) is 6.55. The number of hydrogen-bond donors (Lipinski definition) is 1. The highest BCUT2D eigenvalue weighted by molar-refractivity contribution is 7.38. The van der Waals surface area contributed by atoms with E-state index >= 15 is 0 Å². The molecule has 128 valence electrons. The first-order chi connectivity index (χ1) is 10.2. The van der Waals surface area contributed by atoms with Gasteiger partial charge >= 0.3 is 0 Å². The molecule has 0 aromatic heterocycles. The Morgan fingerprint density at radius 1 is 0.714 bits per heavy atom. The second kappa shape index (κ2) is 15.1. The molecule has 0 fully saturated rings. The molecular formula is C18H39O2P. The summed E-state index contributed by atoms with van der Waals surface area (Å²) in [4.78, 5) is 9.79. The highest BCUT2D eigenvalue weighted by Crippen LogP contribution is 2.38. The Morgan fingerprint density at radius 3 is 1.62 bits per heavy atom. The molecule has 3 atom stereocenters. The summed E-state index contributed by atoms with van der Waals surface area (Å²) in [7, 11) is -2.38. The smallest absolute Gasteiger partial charge is 0.192 e. The summed E-state index contributed by atoms with van der Waals surface area (Å²) in [5.41, 5.74) is 0.0834. The van der Waals surface area contributed by atoms with Gasteiger partial charge in [0.1, 0.15) is 0 Å². The Bertz CT molecular complexity index is 243. The van der Waals surface area contributed by atoms with Crippen LogP contribution in [0.4, 0.5) is 0 Å². The molecule has 0 saturated heterocycles. The van der Waals surface area contributed by atoms with E-state index < -0.39 is 8.03 Å². The van der Waals surface area contributed by atoms with Crippen molar-refractivity contribution < 1.29 is 9.46 Å². The van der Waals surface area contributed by atoms with Crippen LogP contribution in [-0.2, 0) is 4.57 Å². The molecule has 2 nitrogen and oxygen atoms in total. The van der Waals surface area contributed by atoms with Gasteiger partial charge in [0.25, 0.3) is 0 Å². The van der Waals surface area contributed by atoms with Crippen molar-refractivity contribution >= 4 is 8.03 Å². The van der Waals surface area contributed by atoms with Gasteiger partial charge in [-0.1, -0.05) is 85.0 Å². The standard InChI is InChI=1S/C18H39O2P/c1-4-7-10-13-15-17(14-11-8-5-2)18(21(19)20)16-12-9-6-3/h17-18,21H,4-16H2,1-3H3,(H,19,20). The quantitative estimate of drug-likeness (QED) is 0.274. The zero-order valence-corrected chi connectivity index (χ0v) is 15.7. The van der Waals surface area contributed by atoms with Gasteiger partial charge in [0, 0.05) is 5.66 Å². The molecule has 0 heterocycles. The van der Waals surface area contributed by atoms with Crippen molar-refractivity contribution in [2.24, 2.45) is 5.92 Å². The molecule has 1 N–H and O–H groups in total. The SMILES string of the molecule is CCCCCCC(CCCCC)C(CCCCC)[PH](=O)O. The molecule has 3 unspecified atom stereocenters. The van der Waals surface area contributed by atoms with Crippen LogP contribution >= 0.6 is 8.03 Å². The maximum absolute atomic E-state index is 11.8. The summed E-state index contributed by atoms with van der Waals surface area (Å²) in [6.07, 6.45) is 15.6. The van der Waals surface area contributed by atoms with Crippen LogP contribution in [-0.4, -0.2) is 10.6 Å². The third-order valence-electron chi connectivity index (χ3n) is 4.61. The van der Waals surface area contributed by atoms with Gasteiger partial charge in [0.05, 0.1) is 0 Å². The zero-order valence-electron chi connectivity index (χ0n) is 14.7. The first-order valence-electron chi connectivity index (χ1n) is 9.40. The summed E-state index contributed by atoms with van der Waals surface area (Å²) in [6.45, 7) is 6.66. The van der Waals surface area contributed by atoms with Crippen LogP contribution in [0.25, 0.3) is 0 Å². The summed E-state index contributed by atoms with van der Waals surface area (Å²) in [5.74, 6) is 0.488. The first kappa shape index (κ1) is 21.2. The fraction of sp³-hybridized carbons (Fsp3) is 1.00. The van der Waals surface area contributed by atoms with E-state index in [0.717, 1.165) is 25.7 Å². The van der Waals surface area contributed by atoms with Gasteiger partial charge in [-0.15, -0.1) is 0 Å². The van der Waals surface area contributed by atoms with Crippen LogP contribution in [0.3, 0.4) is 0 Å². The first-order valence-corrected chi connectivity index (χ1v) is 10.8. The zero-order chi connectivity index (χ0) is 15.9. The molecular weight excluding hydrogens is 279 g/mol. The number of rotatable bonds is 15. The molecule has 0 radical (unpaired) electrons. The van der Waals surface area contributed by atoms with Crippen LogP contribution in [0.15, 0.2) is 0 Å². The van der Waals surface area contributed by atoms with Crippen LogP contribution < -0.4 is 0 Å². The lowest BCUT2D eigenvalue weighted by atomic mass is 9.89. The average molecular weight is 318 g/mol. The summed E-state index contributed by atoms with van der Waals surface area (Å²) >= 11 is 0. The number of unbranched alkanes of at least 4 members (excludes halogenated alkanes) is 7. The average Bonchev–Trinajstić information content (AvgIpc) is 2.46. The maximum Gasteiger partial charge on any atom is 0.192 e. The molecule has 0 bridgehead atoms. The molecule has 0 aromatic rings. The molecule has 0 spiro atoms. The molecule has 0 amide bonds. The lowest BCUT2D eigenvalue weighted by Gasteiger charge is -2.25.